The molecule has 15 heteroatoms. The number of aliphatic imine (C=N–C) groups is 1. The topological polar surface area (TPSA) is 211 Å². The Bertz CT molecular complexity index is 2190. The number of carbonyl (C=O) groups is 6. The second-order valence-electron chi connectivity index (χ2n) is 20.6. The van der Waals surface area contributed by atoms with Crippen LogP contribution in [0.3, 0.4) is 0 Å². The van der Waals surface area contributed by atoms with Crippen LogP contribution in [0.25, 0.3) is 0 Å². The molecule has 3 saturated carbocycles. The Balaban J connectivity index is 1.51. The number of unbranched alkanes of at least 4 members (excludes halogenated alkanes) is 3. The van der Waals surface area contributed by atoms with E-state index >= 15 is 14.4 Å². The van der Waals surface area contributed by atoms with Gasteiger partial charge in [-0.15, -0.1) is 0 Å². The third-order valence-corrected chi connectivity index (χ3v) is 14.7. The van der Waals surface area contributed by atoms with E-state index in [-0.39, 0.29) is 30.9 Å². The lowest BCUT2D eigenvalue weighted by Crippen LogP contribution is -2.82. The summed E-state index contributed by atoms with van der Waals surface area (Å²) in [6.07, 6.45) is -4.69. The van der Waals surface area contributed by atoms with Crippen LogP contribution < -0.4 is 0 Å². The van der Waals surface area contributed by atoms with E-state index < -0.39 is 124 Å². The van der Waals surface area contributed by atoms with Crippen molar-refractivity contribution in [3.63, 3.8) is 0 Å². The molecule has 4 fully saturated rings. The Labute approximate surface area is 393 Å². The van der Waals surface area contributed by atoms with Crippen molar-refractivity contribution >= 4 is 41.3 Å². The lowest BCUT2D eigenvalue weighted by Gasteiger charge is -2.67. The third-order valence-electron chi connectivity index (χ3n) is 14.7. The lowest BCUT2D eigenvalue weighted by molar-refractivity contribution is -0.350. The molecule has 2 aromatic carbocycles. The summed E-state index contributed by atoms with van der Waals surface area (Å²) in [5.74, 6) is -9.02. The molecule has 1 heterocycles. The molecule has 12 unspecified atom stereocenters. The number of Topliss-reactive ketones (excluding diaryl/α,β-unsaturated/α-hetero) is 2. The molecule has 4 aliphatic rings. The maximum Gasteiger partial charge on any atom is 0.350 e. The summed E-state index contributed by atoms with van der Waals surface area (Å²) in [4.78, 5) is 91.4. The highest BCUT2D eigenvalue weighted by Crippen LogP contribution is 2.64. The van der Waals surface area contributed by atoms with Gasteiger partial charge in [0.2, 0.25) is 17.7 Å². The largest absolute Gasteiger partial charge is 0.475 e. The molecule has 0 aromatic heterocycles. The Morgan fingerprint density at radius 3 is 2.13 bits per heavy atom. The monoisotopic (exact) mass is 931 g/mol. The van der Waals surface area contributed by atoms with E-state index in [1.807, 2.05) is 34.6 Å². The maximum atomic E-state index is 15.2. The summed E-state index contributed by atoms with van der Waals surface area (Å²) in [6.45, 7) is 16.5. The number of rotatable bonds is 15. The van der Waals surface area contributed by atoms with Crippen molar-refractivity contribution in [1.82, 2.24) is 0 Å². The van der Waals surface area contributed by atoms with Crippen LogP contribution in [0, 0.1) is 28.6 Å². The average Bonchev–Trinajstić information content (AvgIpc) is 3.27. The molecule has 0 radical (unpaired) electrons. The zero-order chi connectivity index (χ0) is 49.3. The molecule has 1 saturated heterocycles. The predicted molar refractivity (Wildman–Crippen MR) is 244 cm³/mol. The third kappa shape index (κ3) is 9.83. The van der Waals surface area contributed by atoms with Crippen LogP contribution >= 0.6 is 0 Å². The van der Waals surface area contributed by atoms with E-state index in [4.69, 9.17) is 33.4 Å². The number of esters is 4. The summed E-state index contributed by atoms with van der Waals surface area (Å²) in [7, 11) is 0. The van der Waals surface area contributed by atoms with Gasteiger partial charge in [-0.25, -0.2) is 14.6 Å². The first-order valence-corrected chi connectivity index (χ1v) is 23.7. The van der Waals surface area contributed by atoms with E-state index in [1.54, 1.807) is 69.3 Å². The molecule has 2 bridgehead atoms. The molecule has 3 aliphatic carbocycles. The van der Waals surface area contributed by atoms with Crippen molar-refractivity contribution in [1.29, 1.82) is 0 Å². The summed E-state index contributed by atoms with van der Waals surface area (Å²) in [6, 6.07) is 15.6. The highest BCUT2D eigenvalue weighted by Gasteiger charge is 2.79. The summed E-state index contributed by atoms with van der Waals surface area (Å²) < 4.78 is 37.1. The van der Waals surface area contributed by atoms with Gasteiger partial charge in [0.1, 0.15) is 35.6 Å². The maximum absolute atomic E-state index is 15.2. The predicted octanol–water partition coefficient (Wildman–Crippen LogP) is 7.02. The minimum Gasteiger partial charge on any atom is -0.475 e. The van der Waals surface area contributed by atoms with Crippen molar-refractivity contribution < 1.29 is 67.4 Å². The van der Waals surface area contributed by atoms with Crippen LogP contribution in [0.4, 0.5) is 0 Å². The molecule has 0 amide bonds. The second-order valence-corrected chi connectivity index (χ2v) is 20.6. The second kappa shape index (κ2) is 19.9. The molecule has 67 heavy (non-hydrogen) atoms. The summed E-state index contributed by atoms with van der Waals surface area (Å²) in [5.41, 5.74) is -7.89. The molecule has 12 atom stereocenters. The Morgan fingerprint density at radius 2 is 1.57 bits per heavy atom. The molecule has 2 N–H and O–H groups in total. The van der Waals surface area contributed by atoms with Crippen LogP contribution in [0.2, 0.25) is 0 Å². The molecular formula is C52H69NO14. The highest BCUT2D eigenvalue weighted by atomic mass is 16.6. The Kier molecular flexibility index (Phi) is 15.3. The molecule has 1 aliphatic heterocycles. The van der Waals surface area contributed by atoms with Gasteiger partial charge in [-0.3, -0.25) is 19.2 Å². The number of ether oxygens (including phenoxy) is 6. The number of benzene rings is 2. The fraction of sp³-hybridized carbons (Fsp3) is 0.635. The number of hydrogen-bond acceptors (Lipinski definition) is 15. The van der Waals surface area contributed by atoms with Crippen molar-refractivity contribution in [2.75, 3.05) is 6.61 Å². The van der Waals surface area contributed by atoms with Crippen LogP contribution in [0.1, 0.15) is 143 Å². The first kappa shape index (κ1) is 51.4. The fourth-order valence-electron chi connectivity index (χ4n) is 11.1. The lowest BCUT2D eigenvalue weighted by atomic mass is 9.42. The smallest absolute Gasteiger partial charge is 0.350 e. The summed E-state index contributed by atoms with van der Waals surface area (Å²) >= 11 is 0. The standard InChI is InChI=1S/C52H69NO14/c1-11-13-14-21-26-38(56)64-42(40(32-22-17-15-18-23-32)53-37(12-2)67-48(5,6)7)47(60)63-34-28-52(61)45(65-46(59)33-24-19-16-20-25-33)43-50(10,44(58)41(57)39(30(34)3)49(52,8)9)35(55)27-36-51(43,29-62-36)66-31(4)54/h15-20,22-25,30,34-36,39-40,42-43,45,55,61H,11-14,21,26-29H2,1-10H3. The van der Waals surface area contributed by atoms with Gasteiger partial charge >= 0.3 is 23.9 Å². The van der Waals surface area contributed by atoms with Gasteiger partial charge < -0.3 is 38.6 Å². The van der Waals surface area contributed by atoms with Crippen molar-refractivity contribution in [2.45, 2.75) is 174 Å². The highest BCUT2D eigenvalue weighted by molar-refractivity contribution is 6.40. The minimum atomic E-state index is -2.36. The van der Waals surface area contributed by atoms with Crippen LogP contribution in [0.5, 0.6) is 0 Å². The number of hydrogen-bond donors (Lipinski definition) is 2. The number of fused-ring (bicyclic) bond motifs is 5. The zero-order valence-electron chi connectivity index (χ0n) is 40.6. The number of carbonyl (C=O) groups excluding carboxylic acids is 6. The van der Waals surface area contributed by atoms with E-state index in [0.29, 0.717) is 18.4 Å². The molecule has 15 nitrogen and oxygen atoms in total. The minimum absolute atomic E-state index is 0.00977. The molecular weight excluding hydrogens is 863 g/mol. The van der Waals surface area contributed by atoms with Crippen molar-refractivity contribution in [3.05, 3.63) is 71.8 Å². The van der Waals surface area contributed by atoms with Crippen LogP contribution in [-0.4, -0.2) is 105 Å². The number of nitrogens with zero attached hydrogens (tertiary/aromatic N) is 1. The average molecular weight is 932 g/mol. The Morgan fingerprint density at radius 1 is 0.925 bits per heavy atom. The van der Waals surface area contributed by atoms with Gasteiger partial charge in [0.25, 0.3) is 0 Å². The van der Waals surface area contributed by atoms with Crippen LogP contribution in [0.15, 0.2) is 65.7 Å². The molecule has 2 aromatic rings. The van der Waals surface area contributed by atoms with E-state index in [1.165, 1.54) is 26.0 Å². The van der Waals surface area contributed by atoms with E-state index in [2.05, 4.69) is 0 Å². The number of aliphatic hydroxyl groups is 2. The SMILES string of the molecule is CCCCCCC(=O)OC(C(=O)OC1CC2(O)C(OC(=O)c3ccccc3)C3C4(OC(C)=O)COC4CC(O)C3(C)C(=O)C(=O)C(C1C)C2(C)C)C(N=C(CC)OC(C)(C)C)c1ccccc1. The fourth-order valence-corrected chi connectivity index (χ4v) is 11.1. The first-order chi connectivity index (χ1) is 31.5. The number of ketones is 2. The normalized spacial score (nSPS) is 32.1. The summed E-state index contributed by atoms with van der Waals surface area (Å²) in [5, 5.41) is 25.7. The quantitative estimate of drug-likeness (QED) is 0.0459. The van der Waals surface area contributed by atoms with Gasteiger partial charge in [0.05, 0.1) is 29.6 Å². The van der Waals surface area contributed by atoms with E-state index in [9.17, 15) is 24.6 Å². The van der Waals surface area contributed by atoms with E-state index in [0.717, 1.165) is 19.3 Å². The van der Waals surface area contributed by atoms with Gasteiger partial charge in [-0.1, -0.05) is 102 Å². The van der Waals surface area contributed by atoms with Gasteiger partial charge in [0, 0.05) is 49.9 Å². The van der Waals surface area contributed by atoms with Gasteiger partial charge in [-0.2, -0.15) is 0 Å². The van der Waals surface area contributed by atoms with Gasteiger partial charge in [0.15, 0.2) is 11.5 Å². The number of aliphatic hydroxyl groups excluding tert-OH is 1. The zero-order valence-corrected chi connectivity index (χ0v) is 40.6. The molecule has 0 spiro atoms. The van der Waals surface area contributed by atoms with Gasteiger partial charge in [-0.05, 0) is 51.8 Å². The van der Waals surface area contributed by atoms with Crippen LogP contribution in [-0.2, 0) is 52.4 Å². The molecule has 6 rings (SSSR count). The van der Waals surface area contributed by atoms with Crippen molar-refractivity contribution in [2.24, 2.45) is 33.6 Å². The van der Waals surface area contributed by atoms with Crippen molar-refractivity contribution in [3.8, 4) is 0 Å². The first-order valence-electron chi connectivity index (χ1n) is 23.7. The Hall–Kier alpha value is -4.99. The molecule has 366 valence electrons.